The van der Waals surface area contributed by atoms with Crippen LogP contribution >= 0.6 is 0 Å². The third kappa shape index (κ3) is 0.860. The van der Waals surface area contributed by atoms with Crippen molar-refractivity contribution in [1.29, 1.82) is 0 Å². The molecular formula is C12H9NO. The molecule has 1 aromatic carbocycles. The van der Waals surface area contributed by atoms with Gasteiger partial charge in [0.2, 0.25) is 0 Å². The van der Waals surface area contributed by atoms with Crippen LogP contribution in [0.4, 0.5) is 0 Å². The predicted molar refractivity (Wildman–Crippen MR) is 53.7 cm³/mol. The van der Waals surface area contributed by atoms with Crippen LogP contribution in [0.2, 0.25) is 0 Å². The number of hydrogen-bond acceptors (Lipinski definition) is 2. The molecule has 14 heavy (non-hydrogen) atoms. The Labute approximate surface area is 81.9 Å². The minimum absolute atomic E-state index is 0.505. The zero-order valence-corrected chi connectivity index (χ0v) is 7.51. The van der Waals surface area contributed by atoms with Crippen LogP contribution in [0, 0.1) is 0 Å². The first kappa shape index (κ1) is 7.71. The quantitative estimate of drug-likeness (QED) is 0.678. The van der Waals surface area contributed by atoms with Gasteiger partial charge in [0.25, 0.3) is 0 Å². The molecule has 2 nitrogen and oxygen atoms in total. The van der Waals surface area contributed by atoms with Crippen molar-refractivity contribution in [3.05, 3.63) is 53.7 Å². The van der Waals surface area contributed by atoms with E-state index in [-0.39, 0.29) is 0 Å². The van der Waals surface area contributed by atoms with Gasteiger partial charge in [0.05, 0.1) is 5.69 Å². The summed E-state index contributed by atoms with van der Waals surface area (Å²) in [5.74, 6) is 0. The lowest BCUT2D eigenvalue weighted by molar-refractivity contribution is 0.225. The molecule has 1 aromatic heterocycles. The maximum absolute atomic E-state index is 9.99. The maximum atomic E-state index is 9.99. The Morgan fingerprint density at radius 2 is 1.79 bits per heavy atom. The van der Waals surface area contributed by atoms with Crippen molar-refractivity contribution >= 4 is 0 Å². The lowest BCUT2D eigenvalue weighted by Crippen LogP contribution is -1.92. The monoisotopic (exact) mass is 183 g/mol. The number of aromatic nitrogens is 1. The van der Waals surface area contributed by atoms with Gasteiger partial charge in [-0.15, -0.1) is 0 Å². The molecule has 0 spiro atoms. The Balaban J connectivity index is 2.36. The van der Waals surface area contributed by atoms with Gasteiger partial charge < -0.3 is 5.11 Å². The Hall–Kier alpha value is -1.67. The number of rotatable bonds is 0. The SMILES string of the molecule is O[C@@H]1c2ccccc2-c2ncccc21. The second kappa shape index (κ2) is 2.66. The lowest BCUT2D eigenvalue weighted by Gasteiger charge is -2.03. The van der Waals surface area contributed by atoms with E-state index in [0.717, 1.165) is 22.4 Å². The third-order valence-corrected chi connectivity index (χ3v) is 2.64. The largest absolute Gasteiger partial charge is 0.384 e. The molecule has 0 amide bonds. The van der Waals surface area contributed by atoms with Gasteiger partial charge in [0, 0.05) is 17.3 Å². The molecule has 0 radical (unpaired) electrons. The van der Waals surface area contributed by atoms with Gasteiger partial charge in [0.15, 0.2) is 0 Å². The van der Waals surface area contributed by atoms with Crippen molar-refractivity contribution in [3.8, 4) is 11.3 Å². The summed E-state index contributed by atoms with van der Waals surface area (Å²) >= 11 is 0. The molecule has 0 saturated carbocycles. The number of benzene rings is 1. The Bertz CT molecular complexity index is 448. The van der Waals surface area contributed by atoms with Crippen LogP contribution in [0.3, 0.4) is 0 Å². The molecule has 0 bridgehead atoms. The molecule has 0 aliphatic heterocycles. The first-order valence-corrected chi connectivity index (χ1v) is 4.60. The van der Waals surface area contributed by atoms with Crippen LogP contribution < -0.4 is 0 Å². The van der Waals surface area contributed by atoms with Crippen LogP contribution in [0.15, 0.2) is 42.6 Å². The topological polar surface area (TPSA) is 33.1 Å². The highest BCUT2D eigenvalue weighted by Crippen LogP contribution is 2.41. The fourth-order valence-electron chi connectivity index (χ4n) is 1.98. The van der Waals surface area contributed by atoms with E-state index in [1.807, 2.05) is 36.4 Å². The fourth-order valence-corrected chi connectivity index (χ4v) is 1.98. The molecule has 0 saturated heterocycles. The summed E-state index contributed by atoms with van der Waals surface area (Å²) in [7, 11) is 0. The average molecular weight is 183 g/mol. The molecule has 1 aliphatic rings. The van der Waals surface area contributed by atoms with Gasteiger partial charge in [-0.1, -0.05) is 30.3 Å². The van der Waals surface area contributed by atoms with E-state index in [0.29, 0.717) is 0 Å². The molecule has 1 atom stereocenters. The first-order chi connectivity index (χ1) is 6.88. The van der Waals surface area contributed by atoms with Crippen molar-refractivity contribution in [3.63, 3.8) is 0 Å². The fraction of sp³-hybridized carbons (Fsp3) is 0.0833. The van der Waals surface area contributed by atoms with Crippen LogP contribution in [0.5, 0.6) is 0 Å². The summed E-state index contributed by atoms with van der Waals surface area (Å²) in [6.07, 6.45) is 1.25. The number of nitrogens with zero attached hydrogens (tertiary/aromatic N) is 1. The number of hydrogen-bond donors (Lipinski definition) is 1. The van der Waals surface area contributed by atoms with E-state index in [1.165, 1.54) is 0 Å². The molecular weight excluding hydrogens is 174 g/mol. The summed E-state index contributed by atoms with van der Waals surface area (Å²) < 4.78 is 0. The van der Waals surface area contributed by atoms with Crippen molar-refractivity contribution in [2.24, 2.45) is 0 Å². The molecule has 1 aliphatic carbocycles. The molecule has 2 heteroatoms. The molecule has 1 heterocycles. The average Bonchev–Trinajstić information content (AvgIpc) is 2.55. The van der Waals surface area contributed by atoms with Crippen LogP contribution in [-0.4, -0.2) is 10.1 Å². The highest BCUT2D eigenvalue weighted by molar-refractivity contribution is 5.74. The van der Waals surface area contributed by atoms with E-state index in [2.05, 4.69) is 4.98 Å². The third-order valence-electron chi connectivity index (χ3n) is 2.64. The smallest absolute Gasteiger partial charge is 0.107 e. The maximum Gasteiger partial charge on any atom is 0.107 e. The lowest BCUT2D eigenvalue weighted by atomic mass is 10.1. The second-order valence-corrected chi connectivity index (χ2v) is 3.43. The van der Waals surface area contributed by atoms with Crippen molar-refractivity contribution in [2.45, 2.75) is 6.10 Å². The molecule has 0 unspecified atom stereocenters. The van der Waals surface area contributed by atoms with Crippen molar-refractivity contribution in [2.75, 3.05) is 0 Å². The minimum atomic E-state index is -0.505. The van der Waals surface area contributed by atoms with Crippen LogP contribution in [0.1, 0.15) is 17.2 Å². The van der Waals surface area contributed by atoms with Gasteiger partial charge in [-0.25, -0.2) is 0 Å². The minimum Gasteiger partial charge on any atom is -0.384 e. The normalized spacial score (nSPS) is 17.6. The summed E-state index contributed by atoms with van der Waals surface area (Å²) in [4.78, 5) is 4.29. The molecule has 68 valence electrons. The summed E-state index contributed by atoms with van der Waals surface area (Å²) in [6, 6.07) is 11.6. The van der Waals surface area contributed by atoms with Gasteiger partial charge in [-0.2, -0.15) is 0 Å². The molecule has 0 fully saturated rings. The number of pyridine rings is 1. The first-order valence-electron chi connectivity index (χ1n) is 4.60. The molecule has 1 N–H and O–H groups in total. The Morgan fingerprint density at radius 3 is 2.71 bits per heavy atom. The summed E-state index contributed by atoms with van der Waals surface area (Å²) in [6.45, 7) is 0. The number of aliphatic hydroxyl groups is 1. The van der Waals surface area contributed by atoms with E-state index in [1.54, 1.807) is 6.20 Å². The van der Waals surface area contributed by atoms with E-state index in [4.69, 9.17) is 0 Å². The van der Waals surface area contributed by atoms with Gasteiger partial charge in [0.1, 0.15) is 6.10 Å². The van der Waals surface area contributed by atoms with Gasteiger partial charge in [-0.3, -0.25) is 4.98 Å². The molecule has 2 aromatic rings. The van der Waals surface area contributed by atoms with Gasteiger partial charge >= 0.3 is 0 Å². The highest BCUT2D eigenvalue weighted by atomic mass is 16.3. The Morgan fingerprint density at radius 1 is 1.00 bits per heavy atom. The van der Waals surface area contributed by atoms with Crippen molar-refractivity contribution in [1.82, 2.24) is 4.98 Å². The second-order valence-electron chi connectivity index (χ2n) is 3.43. The number of aliphatic hydroxyl groups excluding tert-OH is 1. The van der Waals surface area contributed by atoms with Gasteiger partial charge in [-0.05, 0) is 11.6 Å². The van der Waals surface area contributed by atoms with Crippen LogP contribution in [0.25, 0.3) is 11.3 Å². The van der Waals surface area contributed by atoms with E-state index >= 15 is 0 Å². The zero-order valence-electron chi connectivity index (χ0n) is 7.51. The van der Waals surface area contributed by atoms with E-state index in [9.17, 15) is 5.11 Å². The number of fused-ring (bicyclic) bond motifs is 3. The highest BCUT2D eigenvalue weighted by Gasteiger charge is 2.26. The zero-order chi connectivity index (χ0) is 9.54. The summed E-state index contributed by atoms with van der Waals surface area (Å²) in [5, 5.41) is 9.99. The molecule has 3 rings (SSSR count). The van der Waals surface area contributed by atoms with Crippen LogP contribution in [-0.2, 0) is 0 Å². The Kier molecular flexibility index (Phi) is 1.46. The summed E-state index contributed by atoms with van der Waals surface area (Å²) in [5.41, 5.74) is 3.83. The standard InChI is InChI=1S/C12H9NO/c14-12-9-5-2-1-4-8(9)11-10(12)6-3-7-13-11/h1-7,12,14H/t12-/m1/s1. The predicted octanol–water partition coefficient (Wildman–Crippen LogP) is 2.14. The van der Waals surface area contributed by atoms with Crippen molar-refractivity contribution < 1.29 is 5.11 Å². The van der Waals surface area contributed by atoms with E-state index < -0.39 is 6.10 Å².